The Kier molecular flexibility index (Phi) is 3.93. The first-order valence-electron chi connectivity index (χ1n) is 8.52. The number of aryl methyl sites for hydroxylation is 2. The molecule has 7 heteroatoms. The van der Waals surface area contributed by atoms with Crippen molar-refractivity contribution in [3.63, 3.8) is 0 Å². The fraction of sp³-hybridized carbons (Fsp3) is 0.471. The summed E-state index contributed by atoms with van der Waals surface area (Å²) in [5.41, 5.74) is 4.34. The van der Waals surface area contributed by atoms with Crippen molar-refractivity contribution in [2.24, 2.45) is 0 Å². The minimum Gasteiger partial charge on any atom is -0.326 e. The van der Waals surface area contributed by atoms with Crippen LogP contribution in [0.1, 0.15) is 36.5 Å². The van der Waals surface area contributed by atoms with Crippen LogP contribution in [0.3, 0.4) is 0 Å². The lowest BCUT2D eigenvalue weighted by Gasteiger charge is -2.14. The van der Waals surface area contributed by atoms with Crippen LogP contribution in [0.5, 0.6) is 0 Å². The molecular weight excluding hydrogens is 302 g/mol. The SMILES string of the molecule is Cc1cc(C[C@@H](C)n2ccnc2-c2cc3n(n2)CCCNC3)n[nH]1. The maximum atomic E-state index is 4.78. The number of H-pyrrole nitrogens is 1. The Morgan fingerprint density at radius 3 is 3.08 bits per heavy atom. The smallest absolute Gasteiger partial charge is 0.160 e. The standard InChI is InChI=1S/C17H23N7/c1-12-8-14(21-20-12)9-13(2)23-7-5-19-17(23)16-10-15-11-18-4-3-6-24(15)22-16/h5,7-8,10,13,18H,3-4,6,9,11H2,1-2H3,(H,20,21)/t13-/m1/s1. The Hall–Kier alpha value is -2.41. The number of hydrogen-bond acceptors (Lipinski definition) is 4. The molecule has 7 nitrogen and oxygen atoms in total. The van der Waals surface area contributed by atoms with Crippen molar-refractivity contribution < 1.29 is 0 Å². The average molecular weight is 325 g/mol. The maximum absolute atomic E-state index is 4.78. The molecule has 4 heterocycles. The number of aromatic nitrogens is 6. The zero-order valence-corrected chi connectivity index (χ0v) is 14.2. The molecule has 0 fully saturated rings. The molecule has 3 aromatic heterocycles. The molecule has 2 N–H and O–H groups in total. The van der Waals surface area contributed by atoms with Crippen LogP contribution in [0.4, 0.5) is 0 Å². The molecule has 1 atom stereocenters. The van der Waals surface area contributed by atoms with Gasteiger partial charge in [-0.25, -0.2) is 4.98 Å². The third kappa shape index (κ3) is 2.87. The summed E-state index contributed by atoms with van der Waals surface area (Å²) in [4.78, 5) is 4.56. The van der Waals surface area contributed by atoms with Gasteiger partial charge in [-0.3, -0.25) is 9.78 Å². The van der Waals surface area contributed by atoms with E-state index in [4.69, 9.17) is 5.10 Å². The second kappa shape index (κ2) is 6.24. The van der Waals surface area contributed by atoms with Gasteiger partial charge in [0.25, 0.3) is 0 Å². The monoisotopic (exact) mass is 325 g/mol. The summed E-state index contributed by atoms with van der Waals surface area (Å²) in [6, 6.07) is 4.52. The molecule has 0 bridgehead atoms. The van der Waals surface area contributed by atoms with E-state index in [0.717, 1.165) is 55.4 Å². The summed E-state index contributed by atoms with van der Waals surface area (Å²) >= 11 is 0. The van der Waals surface area contributed by atoms with Crippen molar-refractivity contribution in [1.82, 2.24) is 34.8 Å². The highest BCUT2D eigenvalue weighted by Crippen LogP contribution is 2.23. The third-order valence-electron chi connectivity index (χ3n) is 4.53. The first-order valence-corrected chi connectivity index (χ1v) is 8.52. The van der Waals surface area contributed by atoms with Gasteiger partial charge in [0.15, 0.2) is 5.82 Å². The van der Waals surface area contributed by atoms with Crippen molar-refractivity contribution in [1.29, 1.82) is 0 Å². The van der Waals surface area contributed by atoms with Gasteiger partial charge < -0.3 is 9.88 Å². The molecule has 3 aromatic rings. The van der Waals surface area contributed by atoms with Gasteiger partial charge in [0.05, 0.1) is 11.4 Å². The molecule has 4 rings (SSSR count). The Labute approximate surface area is 141 Å². The number of nitrogens with zero attached hydrogens (tertiary/aromatic N) is 5. The molecule has 0 unspecified atom stereocenters. The molecule has 0 aromatic carbocycles. The molecule has 0 saturated heterocycles. The molecule has 126 valence electrons. The molecule has 1 aliphatic rings. The van der Waals surface area contributed by atoms with Gasteiger partial charge in [-0.05, 0) is 38.9 Å². The van der Waals surface area contributed by atoms with E-state index >= 15 is 0 Å². The van der Waals surface area contributed by atoms with Crippen molar-refractivity contribution in [2.45, 2.75) is 45.8 Å². The lowest BCUT2D eigenvalue weighted by atomic mass is 10.1. The zero-order chi connectivity index (χ0) is 16.5. The van der Waals surface area contributed by atoms with E-state index in [1.54, 1.807) is 0 Å². The summed E-state index contributed by atoms with van der Waals surface area (Å²) in [5.74, 6) is 0.926. The average Bonchev–Trinajstić information content (AvgIpc) is 3.25. The van der Waals surface area contributed by atoms with Crippen LogP contribution < -0.4 is 5.32 Å². The quantitative estimate of drug-likeness (QED) is 0.770. The summed E-state index contributed by atoms with van der Waals surface area (Å²) in [7, 11) is 0. The highest BCUT2D eigenvalue weighted by atomic mass is 15.3. The van der Waals surface area contributed by atoms with Crippen LogP contribution in [0.25, 0.3) is 11.5 Å². The third-order valence-corrected chi connectivity index (χ3v) is 4.53. The molecule has 0 spiro atoms. The number of rotatable bonds is 4. The van der Waals surface area contributed by atoms with Gasteiger partial charge >= 0.3 is 0 Å². The number of nitrogens with one attached hydrogen (secondary N) is 2. The van der Waals surface area contributed by atoms with E-state index in [9.17, 15) is 0 Å². The van der Waals surface area contributed by atoms with Crippen molar-refractivity contribution in [3.05, 3.63) is 41.6 Å². The summed E-state index contributed by atoms with van der Waals surface area (Å²) < 4.78 is 4.30. The molecule has 0 amide bonds. The topological polar surface area (TPSA) is 76.3 Å². The van der Waals surface area contributed by atoms with Crippen LogP contribution in [0, 0.1) is 6.92 Å². The van der Waals surface area contributed by atoms with Crippen LogP contribution in [-0.2, 0) is 19.5 Å². The lowest BCUT2D eigenvalue weighted by molar-refractivity contribution is 0.539. The summed E-state index contributed by atoms with van der Waals surface area (Å²) in [5, 5.41) is 15.6. The molecule has 1 aliphatic heterocycles. The number of fused-ring (bicyclic) bond motifs is 1. The van der Waals surface area contributed by atoms with Gasteiger partial charge in [0.1, 0.15) is 5.69 Å². The van der Waals surface area contributed by atoms with Crippen LogP contribution in [0.2, 0.25) is 0 Å². The molecule has 0 aliphatic carbocycles. The second-order valence-electron chi connectivity index (χ2n) is 6.53. The minimum absolute atomic E-state index is 0.268. The first kappa shape index (κ1) is 15.1. The Morgan fingerprint density at radius 1 is 1.33 bits per heavy atom. The first-order chi connectivity index (χ1) is 11.7. The van der Waals surface area contributed by atoms with E-state index in [1.165, 1.54) is 5.69 Å². The molecule has 24 heavy (non-hydrogen) atoms. The van der Waals surface area contributed by atoms with Gasteiger partial charge in [-0.2, -0.15) is 10.2 Å². The lowest BCUT2D eigenvalue weighted by Crippen LogP contribution is -2.12. The van der Waals surface area contributed by atoms with Gasteiger partial charge in [-0.15, -0.1) is 0 Å². The maximum Gasteiger partial charge on any atom is 0.160 e. The highest BCUT2D eigenvalue weighted by Gasteiger charge is 2.18. The van der Waals surface area contributed by atoms with Gasteiger partial charge in [-0.1, -0.05) is 0 Å². The zero-order valence-electron chi connectivity index (χ0n) is 14.2. The largest absolute Gasteiger partial charge is 0.326 e. The molecular formula is C17H23N7. The summed E-state index contributed by atoms with van der Waals surface area (Å²) in [6.45, 7) is 7.10. The van der Waals surface area contributed by atoms with Crippen molar-refractivity contribution in [2.75, 3.05) is 6.54 Å². The van der Waals surface area contributed by atoms with E-state index in [1.807, 2.05) is 19.3 Å². The van der Waals surface area contributed by atoms with Crippen LogP contribution in [-0.4, -0.2) is 36.1 Å². The van der Waals surface area contributed by atoms with E-state index in [0.29, 0.717) is 0 Å². The Balaban J connectivity index is 1.60. The van der Waals surface area contributed by atoms with Gasteiger partial charge in [0, 0.05) is 43.6 Å². The van der Waals surface area contributed by atoms with E-state index in [-0.39, 0.29) is 6.04 Å². The van der Waals surface area contributed by atoms with Crippen molar-refractivity contribution >= 4 is 0 Å². The summed E-state index contributed by atoms with van der Waals surface area (Å²) in [6.07, 6.45) is 5.85. The molecule has 0 saturated carbocycles. The minimum atomic E-state index is 0.268. The number of hydrogen-bond donors (Lipinski definition) is 2. The number of imidazole rings is 1. The van der Waals surface area contributed by atoms with Crippen LogP contribution in [0.15, 0.2) is 24.5 Å². The van der Waals surface area contributed by atoms with Crippen LogP contribution >= 0.6 is 0 Å². The predicted molar refractivity (Wildman–Crippen MR) is 91.5 cm³/mol. The fourth-order valence-electron chi connectivity index (χ4n) is 3.32. The van der Waals surface area contributed by atoms with Crippen molar-refractivity contribution in [3.8, 4) is 11.5 Å². The Bertz CT molecular complexity index is 802. The normalized spacial score (nSPS) is 15.9. The fourth-order valence-corrected chi connectivity index (χ4v) is 3.32. The van der Waals surface area contributed by atoms with E-state index in [2.05, 4.69) is 48.8 Å². The number of aromatic amines is 1. The second-order valence-corrected chi connectivity index (χ2v) is 6.53. The predicted octanol–water partition coefficient (Wildman–Crippen LogP) is 2.08. The molecule has 0 radical (unpaired) electrons. The van der Waals surface area contributed by atoms with Gasteiger partial charge in [0.2, 0.25) is 0 Å². The van der Waals surface area contributed by atoms with E-state index < -0.39 is 0 Å². The highest BCUT2D eigenvalue weighted by molar-refractivity contribution is 5.50. The Morgan fingerprint density at radius 2 is 2.25 bits per heavy atom.